The molecule has 0 aliphatic carbocycles. The van der Waals surface area contributed by atoms with Crippen molar-refractivity contribution in [2.24, 2.45) is 0 Å². The summed E-state index contributed by atoms with van der Waals surface area (Å²) in [6.07, 6.45) is 1.46. The highest BCUT2D eigenvalue weighted by Gasteiger charge is 2.39. The minimum absolute atomic E-state index is 0.0432. The van der Waals surface area contributed by atoms with Crippen LogP contribution in [0.25, 0.3) is 0 Å². The molecule has 2 saturated heterocycles. The van der Waals surface area contributed by atoms with Crippen molar-refractivity contribution in [1.82, 2.24) is 15.1 Å². The molecule has 2 aromatic carbocycles. The van der Waals surface area contributed by atoms with Crippen LogP contribution in [0.1, 0.15) is 51.1 Å². The number of benzene rings is 2. The maximum Gasteiger partial charge on any atom is 0.255 e. The summed E-state index contributed by atoms with van der Waals surface area (Å²) in [7, 11) is 0. The van der Waals surface area contributed by atoms with E-state index in [2.05, 4.69) is 10.2 Å². The van der Waals surface area contributed by atoms with Crippen molar-refractivity contribution in [3.63, 3.8) is 0 Å². The Balaban J connectivity index is 1.12. The molecule has 1 N–H and O–H groups in total. The number of piperidine rings is 1. The van der Waals surface area contributed by atoms with E-state index in [9.17, 15) is 19.2 Å². The van der Waals surface area contributed by atoms with Gasteiger partial charge in [-0.05, 0) is 54.3 Å². The van der Waals surface area contributed by atoms with Gasteiger partial charge in [0.1, 0.15) is 18.4 Å². The fourth-order valence-corrected chi connectivity index (χ4v) is 5.04. The Labute approximate surface area is 215 Å². The lowest BCUT2D eigenvalue weighted by atomic mass is 9.99. The lowest BCUT2D eigenvalue weighted by molar-refractivity contribution is -0.136. The number of rotatable bonds is 9. The molecule has 3 aliphatic heterocycles. The Hall–Kier alpha value is -3.56. The summed E-state index contributed by atoms with van der Waals surface area (Å²) >= 11 is 0. The van der Waals surface area contributed by atoms with E-state index in [0.717, 1.165) is 49.7 Å². The number of ether oxygens (including phenoxy) is 2. The predicted molar refractivity (Wildman–Crippen MR) is 134 cm³/mol. The molecule has 0 saturated carbocycles. The molecule has 5 rings (SSSR count). The summed E-state index contributed by atoms with van der Waals surface area (Å²) in [4.78, 5) is 53.1. The third-order valence-corrected chi connectivity index (χ3v) is 7.18. The number of amides is 3. The van der Waals surface area contributed by atoms with Gasteiger partial charge in [0.2, 0.25) is 11.8 Å². The third-order valence-electron chi connectivity index (χ3n) is 7.18. The normalized spacial score (nSPS) is 20.1. The van der Waals surface area contributed by atoms with Gasteiger partial charge in [-0.15, -0.1) is 0 Å². The van der Waals surface area contributed by atoms with Crippen LogP contribution in [-0.2, 0) is 27.3 Å². The second-order valence-electron chi connectivity index (χ2n) is 9.64. The maximum absolute atomic E-state index is 12.8. The second-order valence-corrected chi connectivity index (χ2v) is 9.64. The summed E-state index contributed by atoms with van der Waals surface area (Å²) in [5.41, 5.74) is 3.02. The van der Waals surface area contributed by atoms with Crippen LogP contribution in [0.3, 0.4) is 0 Å². The smallest absolute Gasteiger partial charge is 0.255 e. The summed E-state index contributed by atoms with van der Waals surface area (Å²) in [5, 5.41) is 2.32. The number of nitrogens with zero attached hydrogens (tertiary/aromatic N) is 2. The van der Waals surface area contributed by atoms with E-state index in [1.54, 1.807) is 18.2 Å². The summed E-state index contributed by atoms with van der Waals surface area (Å²) < 4.78 is 11.2. The van der Waals surface area contributed by atoms with Gasteiger partial charge < -0.3 is 14.4 Å². The SMILES string of the molecule is O=C1CCC(N2Cc3cc(CCC(=O)c4ccc(OCCN5CCOCC5)cc4)ccc3C2=O)C(=O)N1. The number of imide groups is 1. The molecule has 1 unspecified atom stereocenters. The largest absolute Gasteiger partial charge is 0.492 e. The van der Waals surface area contributed by atoms with Crippen molar-refractivity contribution in [3.05, 3.63) is 64.7 Å². The fourth-order valence-electron chi connectivity index (χ4n) is 5.04. The van der Waals surface area contributed by atoms with Gasteiger partial charge >= 0.3 is 0 Å². The van der Waals surface area contributed by atoms with Crippen LogP contribution in [0, 0.1) is 0 Å². The Morgan fingerprint density at radius 2 is 1.84 bits per heavy atom. The minimum Gasteiger partial charge on any atom is -0.492 e. The number of fused-ring (bicyclic) bond motifs is 1. The van der Waals surface area contributed by atoms with Gasteiger partial charge in [-0.2, -0.15) is 0 Å². The molecule has 1 atom stereocenters. The van der Waals surface area contributed by atoms with Gasteiger partial charge in [0.15, 0.2) is 5.78 Å². The maximum atomic E-state index is 12.8. The first-order valence-electron chi connectivity index (χ1n) is 12.8. The first kappa shape index (κ1) is 25.1. The number of hydrogen-bond donors (Lipinski definition) is 1. The van der Waals surface area contributed by atoms with E-state index < -0.39 is 11.9 Å². The van der Waals surface area contributed by atoms with Crippen molar-refractivity contribution in [3.8, 4) is 5.75 Å². The predicted octanol–water partition coefficient (Wildman–Crippen LogP) is 1.97. The molecule has 2 fully saturated rings. The summed E-state index contributed by atoms with van der Waals surface area (Å²) in [5.74, 6) is -0.130. The first-order chi connectivity index (χ1) is 18.0. The van der Waals surface area contributed by atoms with Crippen molar-refractivity contribution in [2.45, 2.75) is 38.3 Å². The van der Waals surface area contributed by atoms with E-state index in [1.807, 2.05) is 24.3 Å². The number of ketones is 1. The summed E-state index contributed by atoms with van der Waals surface area (Å²) in [6, 6.07) is 12.2. The van der Waals surface area contributed by atoms with E-state index >= 15 is 0 Å². The van der Waals surface area contributed by atoms with Gasteiger partial charge in [-0.3, -0.25) is 29.4 Å². The lowest BCUT2D eigenvalue weighted by Gasteiger charge is -2.29. The number of hydrogen-bond acceptors (Lipinski definition) is 7. The molecule has 37 heavy (non-hydrogen) atoms. The van der Waals surface area contributed by atoms with Crippen molar-refractivity contribution in [2.75, 3.05) is 39.5 Å². The average molecular weight is 506 g/mol. The van der Waals surface area contributed by atoms with Gasteiger partial charge in [0.25, 0.3) is 5.91 Å². The number of nitrogens with one attached hydrogen (secondary N) is 1. The van der Waals surface area contributed by atoms with Crippen molar-refractivity contribution in [1.29, 1.82) is 0 Å². The third kappa shape index (κ3) is 5.89. The van der Waals surface area contributed by atoms with E-state index in [1.165, 1.54) is 4.90 Å². The zero-order valence-electron chi connectivity index (χ0n) is 20.7. The van der Waals surface area contributed by atoms with Crippen molar-refractivity contribution >= 4 is 23.5 Å². The van der Waals surface area contributed by atoms with Gasteiger partial charge in [0.05, 0.1) is 13.2 Å². The first-order valence-corrected chi connectivity index (χ1v) is 12.8. The molecule has 2 aromatic rings. The van der Waals surface area contributed by atoms with Crippen LogP contribution in [0.15, 0.2) is 42.5 Å². The fraction of sp³-hybridized carbons (Fsp3) is 0.429. The molecule has 0 spiro atoms. The molecule has 194 valence electrons. The molecule has 0 aromatic heterocycles. The molecular weight excluding hydrogens is 474 g/mol. The highest BCUT2D eigenvalue weighted by atomic mass is 16.5. The van der Waals surface area contributed by atoms with Crippen LogP contribution < -0.4 is 10.1 Å². The highest BCUT2D eigenvalue weighted by molar-refractivity contribution is 6.05. The van der Waals surface area contributed by atoms with Crippen LogP contribution in [-0.4, -0.2) is 78.8 Å². The molecule has 9 heteroatoms. The monoisotopic (exact) mass is 505 g/mol. The summed E-state index contributed by atoms with van der Waals surface area (Å²) in [6.45, 7) is 5.15. The minimum atomic E-state index is -0.631. The molecule has 9 nitrogen and oxygen atoms in total. The average Bonchev–Trinajstić information content (AvgIpc) is 3.23. The van der Waals surface area contributed by atoms with Gasteiger partial charge in [-0.25, -0.2) is 0 Å². The van der Waals surface area contributed by atoms with Gasteiger partial charge in [-0.1, -0.05) is 12.1 Å². The Kier molecular flexibility index (Phi) is 7.62. The zero-order valence-corrected chi connectivity index (χ0v) is 20.7. The molecule has 0 bridgehead atoms. The Morgan fingerprint density at radius 1 is 1.05 bits per heavy atom. The number of carbonyl (C=O) groups is 4. The quantitative estimate of drug-likeness (QED) is 0.410. The Morgan fingerprint density at radius 3 is 2.59 bits per heavy atom. The van der Waals surface area contributed by atoms with Crippen molar-refractivity contribution < 1.29 is 28.7 Å². The molecule has 3 amide bonds. The van der Waals surface area contributed by atoms with Crippen LogP contribution in [0.5, 0.6) is 5.75 Å². The van der Waals surface area contributed by atoms with Crippen LogP contribution in [0.4, 0.5) is 0 Å². The highest BCUT2D eigenvalue weighted by Crippen LogP contribution is 2.28. The van der Waals surface area contributed by atoms with E-state index in [0.29, 0.717) is 43.5 Å². The number of morpholine rings is 1. The molecule has 3 heterocycles. The standard InChI is InChI=1S/C28H31N3O6/c32-25(20-3-5-22(6-4-20)37-16-13-30-11-14-36-15-12-30)9-2-19-1-7-23-21(17-19)18-31(28(23)35)24-8-10-26(33)29-27(24)34/h1,3-7,17,24H,2,8-16,18H2,(H,29,33,34). The number of Topliss-reactive ketones (excluding diaryl/α,β-unsaturated/α-hetero) is 1. The number of carbonyl (C=O) groups excluding carboxylic acids is 4. The molecular formula is C28H31N3O6. The molecule has 3 aliphatic rings. The zero-order chi connectivity index (χ0) is 25.8. The van der Waals surface area contributed by atoms with Gasteiger partial charge in [0, 0.05) is 50.1 Å². The van der Waals surface area contributed by atoms with Crippen LogP contribution >= 0.6 is 0 Å². The number of aryl methyl sites for hydroxylation is 1. The second kappa shape index (κ2) is 11.2. The topological polar surface area (TPSA) is 105 Å². The lowest BCUT2D eigenvalue weighted by Crippen LogP contribution is -2.52. The van der Waals surface area contributed by atoms with E-state index in [-0.39, 0.29) is 24.0 Å². The molecule has 0 radical (unpaired) electrons. The van der Waals surface area contributed by atoms with E-state index in [4.69, 9.17) is 9.47 Å². The Bertz CT molecular complexity index is 1190. The van der Waals surface area contributed by atoms with Crippen LogP contribution in [0.2, 0.25) is 0 Å².